The molecule has 1 aromatic heterocycles. The summed E-state index contributed by atoms with van der Waals surface area (Å²) in [6, 6.07) is 2.34. The molecule has 1 amide bonds. The van der Waals surface area contributed by atoms with Crippen LogP contribution in [0.4, 0.5) is 19.0 Å². The first-order valence-corrected chi connectivity index (χ1v) is 7.53. The predicted molar refractivity (Wildman–Crippen MR) is 75.4 cm³/mol. The Morgan fingerprint density at radius 1 is 1.18 bits per heavy atom. The molecule has 0 spiro atoms. The summed E-state index contributed by atoms with van der Waals surface area (Å²) >= 11 is 0. The second-order valence-electron chi connectivity index (χ2n) is 5.81. The summed E-state index contributed by atoms with van der Waals surface area (Å²) in [5.41, 5.74) is -0.714. The summed E-state index contributed by atoms with van der Waals surface area (Å²) in [4.78, 5) is 19.5. The number of hydrogen-bond acceptors (Lipinski definition) is 3. The van der Waals surface area contributed by atoms with Gasteiger partial charge in [0, 0.05) is 38.3 Å². The van der Waals surface area contributed by atoms with Crippen LogP contribution in [0.2, 0.25) is 0 Å². The fourth-order valence-electron chi connectivity index (χ4n) is 2.92. The molecule has 0 N–H and O–H groups in total. The molecule has 2 aliphatic rings. The molecule has 1 saturated carbocycles. The van der Waals surface area contributed by atoms with Crippen LogP contribution in [0.15, 0.2) is 18.3 Å². The number of rotatable bonds is 2. The van der Waals surface area contributed by atoms with Gasteiger partial charge < -0.3 is 9.80 Å². The lowest BCUT2D eigenvalue weighted by Crippen LogP contribution is -2.51. The molecule has 0 aromatic carbocycles. The first kappa shape index (κ1) is 15.1. The number of carbonyl (C=O) groups is 1. The van der Waals surface area contributed by atoms with Crippen LogP contribution >= 0.6 is 0 Å². The van der Waals surface area contributed by atoms with E-state index in [1.54, 1.807) is 9.80 Å². The topological polar surface area (TPSA) is 36.4 Å². The molecule has 0 atom stereocenters. The number of amides is 1. The third kappa shape index (κ3) is 2.89. The summed E-state index contributed by atoms with van der Waals surface area (Å²) in [5, 5.41) is 0. The number of alkyl halides is 3. The van der Waals surface area contributed by atoms with Crippen molar-refractivity contribution in [3.63, 3.8) is 0 Å². The summed E-state index contributed by atoms with van der Waals surface area (Å²) in [5.74, 6) is 0.251. The van der Waals surface area contributed by atoms with E-state index in [1.165, 1.54) is 12.3 Å². The van der Waals surface area contributed by atoms with Gasteiger partial charge in [-0.05, 0) is 25.0 Å². The van der Waals surface area contributed by atoms with Crippen molar-refractivity contribution < 1.29 is 18.0 Å². The Morgan fingerprint density at radius 3 is 2.41 bits per heavy atom. The molecule has 1 aromatic rings. The zero-order valence-electron chi connectivity index (χ0n) is 12.1. The number of aromatic nitrogens is 1. The first-order valence-electron chi connectivity index (χ1n) is 7.53. The maximum atomic E-state index is 13.0. The van der Waals surface area contributed by atoms with E-state index in [9.17, 15) is 18.0 Å². The molecule has 0 radical (unpaired) electrons. The highest BCUT2D eigenvalue weighted by molar-refractivity contribution is 5.79. The van der Waals surface area contributed by atoms with Gasteiger partial charge in [-0.15, -0.1) is 0 Å². The van der Waals surface area contributed by atoms with Crippen molar-refractivity contribution in [1.82, 2.24) is 9.88 Å². The van der Waals surface area contributed by atoms with Crippen LogP contribution in [0.1, 0.15) is 24.8 Å². The van der Waals surface area contributed by atoms with Gasteiger partial charge in [-0.3, -0.25) is 4.79 Å². The summed E-state index contributed by atoms with van der Waals surface area (Å²) in [7, 11) is 0. The van der Waals surface area contributed by atoms with Crippen molar-refractivity contribution in [2.45, 2.75) is 25.4 Å². The average molecular weight is 313 g/mol. The Balaban J connectivity index is 1.68. The highest BCUT2D eigenvalue weighted by Crippen LogP contribution is 2.35. The van der Waals surface area contributed by atoms with Crippen LogP contribution in [0.25, 0.3) is 0 Å². The second-order valence-corrected chi connectivity index (χ2v) is 5.81. The van der Waals surface area contributed by atoms with Crippen molar-refractivity contribution >= 4 is 11.7 Å². The number of carbonyl (C=O) groups excluding carboxylic acids is 1. The van der Waals surface area contributed by atoms with Crippen molar-refractivity contribution in [2.24, 2.45) is 5.92 Å². The maximum Gasteiger partial charge on any atom is 0.419 e. The van der Waals surface area contributed by atoms with E-state index in [0.717, 1.165) is 25.3 Å². The molecular weight excluding hydrogens is 295 g/mol. The molecule has 7 heteroatoms. The molecule has 2 fully saturated rings. The monoisotopic (exact) mass is 313 g/mol. The second kappa shape index (κ2) is 5.78. The van der Waals surface area contributed by atoms with Crippen LogP contribution in [-0.2, 0) is 11.0 Å². The van der Waals surface area contributed by atoms with Gasteiger partial charge in [0.2, 0.25) is 5.91 Å². The Bertz CT molecular complexity index is 549. The number of nitrogens with zero attached hydrogens (tertiary/aromatic N) is 3. The molecule has 1 aliphatic heterocycles. The third-order valence-corrected chi connectivity index (χ3v) is 4.44. The standard InChI is InChI=1S/C15H18F3N3O/c16-15(17,18)12-5-2-6-19-13(12)20-7-9-21(10-8-20)14(22)11-3-1-4-11/h2,5-6,11H,1,3-4,7-10H2. The zero-order chi connectivity index (χ0) is 15.7. The molecule has 0 bridgehead atoms. The smallest absolute Gasteiger partial charge is 0.353 e. The molecular formula is C15H18F3N3O. The lowest BCUT2D eigenvalue weighted by atomic mass is 9.84. The van der Waals surface area contributed by atoms with Crippen LogP contribution < -0.4 is 4.90 Å². The number of pyridine rings is 1. The highest BCUT2D eigenvalue weighted by Gasteiger charge is 2.37. The van der Waals surface area contributed by atoms with E-state index in [2.05, 4.69) is 4.98 Å². The van der Waals surface area contributed by atoms with Gasteiger partial charge in [0.15, 0.2) is 0 Å². The van der Waals surface area contributed by atoms with Crippen molar-refractivity contribution in [1.29, 1.82) is 0 Å². The van der Waals surface area contributed by atoms with Gasteiger partial charge >= 0.3 is 6.18 Å². The quantitative estimate of drug-likeness (QED) is 0.842. The average Bonchev–Trinajstić information content (AvgIpc) is 2.45. The van der Waals surface area contributed by atoms with Gasteiger partial charge in [-0.25, -0.2) is 4.98 Å². The summed E-state index contributed by atoms with van der Waals surface area (Å²) in [6.45, 7) is 1.70. The molecule has 1 saturated heterocycles. The Morgan fingerprint density at radius 2 is 1.86 bits per heavy atom. The Labute approximate surface area is 126 Å². The molecule has 120 valence electrons. The third-order valence-electron chi connectivity index (χ3n) is 4.44. The van der Waals surface area contributed by atoms with Gasteiger partial charge in [-0.1, -0.05) is 6.42 Å². The Kier molecular flexibility index (Phi) is 3.97. The van der Waals surface area contributed by atoms with Gasteiger partial charge in [0.1, 0.15) is 5.82 Å². The fraction of sp³-hybridized carbons (Fsp3) is 0.600. The highest BCUT2D eigenvalue weighted by atomic mass is 19.4. The maximum absolute atomic E-state index is 13.0. The number of hydrogen-bond donors (Lipinski definition) is 0. The van der Waals surface area contributed by atoms with Crippen LogP contribution in [0, 0.1) is 5.92 Å². The van der Waals surface area contributed by atoms with Crippen molar-refractivity contribution in [2.75, 3.05) is 31.1 Å². The van der Waals surface area contributed by atoms with E-state index < -0.39 is 11.7 Å². The number of halogens is 3. The first-order chi connectivity index (χ1) is 10.5. The van der Waals surface area contributed by atoms with Gasteiger partial charge in [-0.2, -0.15) is 13.2 Å². The van der Waals surface area contributed by atoms with Crippen LogP contribution in [0.3, 0.4) is 0 Å². The van der Waals surface area contributed by atoms with E-state index in [1.807, 2.05) is 0 Å². The molecule has 4 nitrogen and oxygen atoms in total. The molecule has 0 unspecified atom stereocenters. The van der Waals surface area contributed by atoms with Gasteiger partial charge in [0.05, 0.1) is 5.56 Å². The number of piperazine rings is 1. The summed E-state index contributed by atoms with van der Waals surface area (Å²) in [6.07, 6.45) is -0.0623. The largest absolute Gasteiger partial charge is 0.419 e. The molecule has 2 heterocycles. The van der Waals surface area contributed by atoms with Crippen LogP contribution in [-0.4, -0.2) is 42.0 Å². The fourth-order valence-corrected chi connectivity index (χ4v) is 2.92. The minimum atomic E-state index is -4.41. The minimum absolute atomic E-state index is 0.0363. The molecule has 3 rings (SSSR count). The normalized spacial score (nSPS) is 20.0. The lowest BCUT2D eigenvalue weighted by Gasteiger charge is -2.39. The Hall–Kier alpha value is -1.79. The predicted octanol–water partition coefficient (Wildman–Crippen LogP) is 2.55. The van der Waals surface area contributed by atoms with E-state index in [0.29, 0.717) is 26.2 Å². The van der Waals surface area contributed by atoms with E-state index in [-0.39, 0.29) is 17.6 Å². The van der Waals surface area contributed by atoms with E-state index >= 15 is 0 Å². The van der Waals surface area contributed by atoms with E-state index in [4.69, 9.17) is 0 Å². The van der Waals surface area contributed by atoms with Gasteiger partial charge in [0.25, 0.3) is 0 Å². The summed E-state index contributed by atoms with van der Waals surface area (Å²) < 4.78 is 39.1. The SMILES string of the molecule is O=C(C1CCC1)N1CCN(c2ncccc2C(F)(F)F)CC1. The number of anilines is 1. The zero-order valence-corrected chi connectivity index (χ0v) is 12.1. The lowest BCUT2D eigenvalue weighted by molar-refractivity contribution is -0.139. The van der Waals surface area contributed by atoms with Crippen molar-refractivity contribution in [3.05, 3.63) is 23.9 Å². The van der Waals surface area contributed by atoms with Crippen molar-refractivity contribution in [3.8, 4) is 0 Å². The molecule has 1 aliphatic carbocycles. The minimum Gasteiger partial charge on any atom is -0.353 e. The molecule has 22 heavy (non-hydrogen) atoms. The van der Waals surface area contributed by atoms with Crippen LogP contribution in [0.5, 0.6) is 0 Å².